The van der Waals surface area contributed by atoms with E-state index in [-0.39, 0.29) is 31.1 Å². The number of allylic oxidation sites excluding steroid dienone is 4. The van der Waals surface area contributed by atoms with E-state index in [1.54, 1.807) is 0 Å². The molecule has 6 heteroatoms. The SMILES string of the molecule is CCCC/C=C\C/C=C\CCCCCCCC(=O)OCC(COC(=O)CCCCCCCCCCCCCCCCCCCCCCCCCCCCCC)OC(=O)CCCCCCCCCCCCCCCCCCCC. The van der Waals surface area contributed by atoms with Gasteiger partial charge in [-0.2, -0.15) is 0 Å². The molecule has 0 rings (SSSR count). The van der Waals surface area contributed by atoms with Crippen LogP contribution in [0, 0.1) is 0 Å². The lowest BCUT2D eigenvalue weighted by atomic mass is 10.0. The molecule has 0 aromatic carbocycles. The Hall–Kier alpha value is -2.11. The van der Waals surface area contributed by atoms with Crippen molar-refractivity contribution in [2.45, 2.75) is 406 Å². The molecule has 460 valence electrons. The predicted octanol–water partition coefficient (Wildman–Crippen LogP) is 24.2. The zero-order valence-electron chi connectivity index (χ0n) is 53.0. The third-order valence-corrected chi connectivity index (χ3v) is 16.2. The fourth-order valence-electron chi connectivity index (χ4n) is 10.9. The molecule has 0 radical (unpaired) electrons. The molecule has 0 aromatic heterocycles. The van der Waals surface area contributed by atoms with Gasteiger partial charge in [0.15, 0.2) is 6.10 Å². The zero-order valence-corrected chi connectivity index (χ0v) is 53.0. The van der Waals surface area contributed by atoms with Crippen LogP contribution in [0.4, 0.5) is 0 Å². The van der Waals surface area contributed by atoms with Crippen LogP contribution in [-0.4, -0.2) is 37.2 Å². The molecule has 0 aliphatic carbocycles. The summed E-state index contributed by atoms with van der Waals surface area (Å²) in [5, 5.41) is 0. The average molecular weight is 1100 g/mol. The highest BCUT2D eigenvalue weighted by Gasteiger charge is 2.19. The Morgan fingerprint density at radius 1 is 0.256 bits per heavy atom. The van der Waals surface area contributed by atoms with Crippen LogP contribution >= 0.6 is 0 Å². The van der Waals surface area contributed by atoms with E-state index in [4.69, 9.17) is 14.2 Å². The number of ether oxygens (including phenoxy) is 3. The molecule has 0 spiro atoms. The van der Waals surface area contributed by atoms with Gasteiger partial charge in [-0.25, -0.2) is 0 Å². The normalized spacial score (nSPS) is 12.1. The number of esters is 3. The van der Waals surface area contributed by atoms with Crippen LogP contribution in [-0.2, 0) is 28.6 Å². The largest absolute Gasteiger partial charge is 0.462 e. The molecule has 0 aromatic rings. The number of carbonyl (C=O) groups is 3. The quantitative estimate of drug-likeness (QED) is 0.0261. The zero-order chi connectivity index (χ0) is 56.4. The van der Waals surface area contributed by atoms with E-state index >= 15 is 0 Å². The van der Waals surface area contributed by atoms with Gasteiger partial charge in [-0.15, -0.1) is 0 Å². The summed E-state index contributed by atoms with van der Waals surface area (Å²) < 4.78 is 17.0. The Morgan fingerprint density at radius 3 is 0.744 bits per heavy atom. The Kier molecular flexibility index (Phi) is 65.6. The van der Waals surface area contributed by atoms with Crippen molar-refractivity contribution >= 4 is 17.9 Å². The lowest BCUT2D eigenvalue weighted by Gasteiger charge is -2.18. The summed E-state index contributed by atoms with van der Waals surface area (Å²) in [7, 11) is 0. The highest BCUT2D eigenvalue weighted by molar-refractivity contribution is 5.71. The fourth-order valence-corrected chi connectivity index (χ4v) is 10.9. The van der Waals surface area contributed by atoms with Gasteiger partial charge in [-0.1, -0.05) is 360 Å². The molecule has 0 saturated heterocycles. The van der Waals surface area contributed by atoms with Gasteiger partial charge in [-0.3, -0.25) is 14.4 Å². The summed E-state index contributed by atoms with van der Waals surface area (Å²) in [6.07, 6.45) is 82.2. The van der Waals surface area contributed by atoms with Crippen LogP contribution in [0.2, 0.25) is 0 Å². The van der Waals surface area contributed by atoms with E-state index in [2.05, 4.69) is 45.1 Å². The van der Waals surface area contributed by atoms with Crippen molar-refractivity contribution in [3.8, 4) is 0 Å². The van der Waals surface area contributed by atoms with Gasteiger partial charge >= 0.3 is 17.9 Å². The van der Waals surface area contributed by atoms with Gasteiger partial charge < -0.3 is 14.2 Å². The van der Waals surface area contributed by atoms with Gasteiger partial charge in [0.1, 0.15) is 13.2 Å². The van der Waals surface area contributed by atoms with E-state index < -0.39 is 6.10 Å². The Labute approximate surface area is 487 Å². The maximum atomic E-state index is 12.9. The molecule has 0 heterocycles. The smallest absolute Gasteiger partial charge is 0.306 e. The number of hydrogen-bond donors (Lipinski definition) is 0. The molecule has 0 aliphatic heterocycles. The highest BCUT2D eigenvalue weighted by atomic mass is 16.6. The van der Waals surface area contributed by atoms with Crippen LogP contribution < -0.4 is 0 Å². The van der Waals surface area contributed by atoms with Crippen molar-refractivity contribution in [1.29, 1.82) is 0 Å². The first kappa shape index (κ1) is 75.9. The minimum absolute atomic E-state index is 0.0693. The predicted molar refractivity (Wildman–Crippen MR) is 340 cm³/mol. The maximum Gasteiger partial charge on any atom is 0.306 e. The monoisotopic (exact) mass is 1100 g/mol. The molecular weight excluding hydrogens is 961 g/mol. The molecule has 0 fully saturated rings. The topological polar surface area (TPSA) is 78.9 Å². The third kappa shape index (κ3) is 64.7. The molecule has 1 atom stereocenters. The van der Waals surface area contributed by atoms with E-state index in [0.717, 1.165) is 77.0 Å². The molecule has 1 unspecified atom stereocenters. The van der Waals surface area contributed by atoms with Crippen molar-refractivity contribution in [2.24, 2.45) is 0 Å². The fraction of sp³-hybridized carbons (Fsp3) is 0.903. The van der Waals surface area contributed by atoms with Crippen molar-refractivity contribution in [3.05, 3.63) is 24.3 Å². The Morgan fingerprint density at radius 2 is 0.474 bits per heavy atom. The summed E-state index contributed by atoms with van der Waals surface area (Å²) in [6, 6.07) is 0. The number of hydrogen-bond acceptors (Lipinski definition) is 6. The van der Waals surface area contributed by atoms with E-state index in [1.165, 1.54) is 283 Å². The lowest BCUT2D eigenvalue weighted by molar-refractivity contribution is -0.167. The molecule has 0 amide bonds. The number of rotatable bonds is 66. The number of carbonyl (C=O) groups excluding carboxylic acids is 3. The third-order valence-electron chi connectivity index (χ3n) is 16.2. The van der Waals surface area contributed by atoms with E-state index in [9.17, 15) is 14.4 Å². The van der Waals surface area contributed by atoms with E-state index in [0.29, 0.717) is 19.3 Å². The van der Waals surface area contributed by atoms with Crippen LogP contribution in [0.3, 0.4) is 0 Å². The first-order valence-electron chi connectivity index (χ1n) is 35.3. The summed E-state index contributed by atoms with van der Waals surface area (Å²) in [5.74, 6) is -0.852. The minimum Gasteiger partial charge on any atom is -0.462 e. The molecule has 78 heavy (non-hydrogen) atoms. The molecule has 0 bridgehead atoms. The Bertz CT molecular complexity index is 1260. The molecule has 6 nitrogen and oxygen atoms in total. The summed E-state index contributed by atoms with van der Waals surface area (Å²) >= 11 is 0. The first-order chi connectivity index (χ1) is 38.5. The molecule has 0 N–H and O–H groups in total. The second-order valence-electron chi connectivity index (χ2n) is 24.2. The molecule has 0 saturated carbocycles. The second-order valence-corrected chi connectivity index (χ2v) is 24.2. The van der Waals surface area contributed by atoms with Crippen LogP contribution in [0.15, 0.2) is 24.3 Å². The summed E-state index contributed by atoms with van der Waals surface area (Å²) in [6.45, 7) is 6.67. The number of unbranched alkanes of at least 4 members (excludes halogenated alkanes) is 51. The first-order valence-corrected chi connectivity index (χ1v) is 35.3. The van der Waals surface area contributed by atoms with Gasteiger partial charge in [0.05, 0.1) is 0 Å². The lowest BCUT2D eigenvalue weighted by Crippen LogP contribution is -2.30. The van der Waals surface area contributed by atoms with Gasteiger partial charge in [0.2, 0.25) is 0 Å². The second kappa shape index (κ2) is 67.4. The van der Waals surface area contributed by atoms with Gasteiger partial charge in [0.25, 0.3) is 0 Å². The Balaban J connectivity index is 4.18. The highest BCUT2D eigenvalue weighted by Crippen LogP contribution is 2.19. The molecule has 0 aliphatic rings. The maximum absolute atomic E-state index is 12.9. The summed E-state index contributed by atoms with van der Waals surface area (Å²) in [5.41, 5.74) is 0. The minimum atomic E-state index is -0.774. The van der Waals surface area contributed by atoms with Gasteiger partial charge in [0, 0.05) is 19.3 Å². The van der Waals surface area contributed by atoms with E-state index in [1.807, 2.05) is 0 Å². The van der Waals surface area contributed by atoms with Crippen molar-refractivity contribution in [1.82, 2.24) is 0 Å². The summed E-state index contributed by atoms with van der Waals surface area (Å²) in [4.78, 5) is 38.4. The van der Waals surface area contributed by atoms with Crippen LogP contribution in [0.5, 0.6) is 0 Å². The molecular formula is C72H136O6. The van der Waals surface area contributed by atoms with Crippen molar-refractivity contribution in [2.75, 3.05) is 13.2 Å². The van der Waals surface area contributed by atoms with Crippen LogP contribution in [0.1, 0.15) is 400 Å². The standard InChI is InChI=1S/C72H136O6/c1-4-7-10-13-16-19-22-25-28-30-32-33-34-35-36-37-38-39-40-41-43-44-47-50-53-56-59-62-65-71(74)77-68-69(67-76-70(73)64-61-58-55-52-49-46-27-24-21-18-15-12-9-6-3)78-72(75)66-63-60-57-54-51-48-45-42-31-29-26-23-20-17-14-11-8-5-2/h15,18,24,27,69H,4-14,16-17,19-23,25-26,28-68H2,1-3H3/b18-15-,27-24-. The average Bonchev–Trinajstić information content (AvgIpc) is 3.44. The van der Waals surface area contributed by atoms with Gasteiger partial charge in [-0.05, 0) is 44.9 Å². The van der Waals surface area contributed by atoms with Crippen LogP contribution in [0.25, 0.3) is 0 Å². The van der Waals surface area contributed by atoms with Crippen molar-refractivity contribution in [3.63, 3.8) is 0 Å². The van der Waals surface area contributed by atoms with Crippen molar-refractivity contribution < 1.29 is 28.6 Å².